The average molecular weight is 556 g/mol. The maximum Gasteiger partial charge on any atom is 0.243 e. The Kier molecular flexibility index (Phi) is 6.87. The van der Waals surface area contributed by atoms with Gasteiger partial charge < -0.3 is 0 Å². The highest BCUT2D eigenvalue weighted by Gasteiger charge is 2.28. The number of sulfonamides is 1. The highest BCUT2D eigenvalue weighted by Crippen LogP contribution is 2.31. The van der Waals surface area contributed by atoms with Crippen LogP contribution >= 0.6 is 27.7 Å². The van der Waals surface area contributed by atoms with Gasteiger partial charge in [0.2, 0.25) is 10.0 Å². The van der Waals surface area contributed by atoms with Crippen LogP contribution in [-0.4, -0.2) is 40.6 Å². The van der Waals surface area contributed by atoms with Gasteiger partial charge in [0.15, 0.2) is 11.0 Å². The van der Waals surface area contributed by atoms with Crippen molar-refractivity contribution in [3.63, 3.8) is 0 Å². The second-order valence-corrected chi connectivity index (χ2v) is 11.8. The molecular weight excluding hydrogens is 532 g/mol. The molecule has 1 saturated heterocycles. The zero-order valence-corrected chi connectivity index (χ0v) is 21.6. The normalized spacial score (nSPS) is 14.5. The molecule has 0 unspecified atom stereocenters. The summed E-state index contributed by atoms with van der Waals surface area (Å²) in [6.45, 7) is 1.15. The Bertz CT molecular complexity index is 1380. The van der Waals surface area contributed by atoms with E-state index >= 15 is 0 Å². The molecule has 3 aromatic carbocycles. The molecule has 2 heterocycles. The van der Waals surface area contributed by atoms with E-state index in [-0.39, 0.29) is 0 Å². The zero-order valence-electron chi connectivity index (χ0n) is 18.3. The Balaban J connectivity index is 1.52. The first-order valence-electron chi connectivity index (χ1n) is 11.0. The maximum atomic E-state index is 13.1. The smallest absolute Gasteiger partial charge is 0.243 e. The maximum absolute atomic E-state index is 13.1. The second-order valence-electron chi connectivity index (χ2n) is 8.03. The number of aromatic nitrogens is 3. The Hall–Kier alpha value is -2.46. The first-order chi connectivity index (χ1) is 16.5. The van der Waals surface area contributed by atoms with E-state index in [1.807, 2.05) is 53.1 Å². The van der Waals surface area contributed by atoms with Crippen molar-refractivity contribution in [3.05, 3.63) is 88.9 Å². The lowest BCUT2D eigenvalue weighted by Gasteiger charge is -2.16. The van der Waals surface area contributed by atoms with Crippen LogP contribution in [-0.2, 0) is 15.8 Å². The molecule has 6 nitrogen and oxygen atoms in total. The molecule has 0 spiro atoms. The molecule has 0 amide bonds. The van der Waals surface area contributed by atoms with E-state index in [0.29, 0.717) is 29.4 Å². The third-order valence-corrected chi connectivity index (χ3v) is 9.15. The van der Waals surface area contributed by atoms with Crippen molar-refractivity contribution < 1.29 is 8.42 Å². The molecule has 1 fully saturated rings. The van der Waals surface area contributed by atoms with Gasteiger partial charge >= 0.3 is 0 Å². The zero-order chi connectivity index (χ0) is 23.5. The summed E-state index contributed by atoms with van der Waals surface area (Å²) in [7, 11) is -3.52. The molecule has 0 radical (unpaired) electrons. The van der Waals surface area contributed by atoms with Crippen molar-refractivity contribution in [3.8, 4) is 17.1 Å². The Morgan fingerprint density at radius 2 is 1.62 bits per heavy atom. The fourth-order valence-corrected chi connectivity index (χ4v) is 6.70. The molecule has 0 atom stereocenters. The molecule has 9 heteroatoms. The van der Waals surface area contributed by atoms with Crippen LogP contribution in [0.5, 0.6) is 0 Å². The van der Waals surface area contributed by atoms with E-state index in [4.69, 9.17) is 0 Å². The lowest BCUT2D eigenvalue weighted by Crippen LogP contribution is -2.27. The second kappa shape index (κ2) is 10.0. The van der Waals surface area contributed by atoms with E-state index in [1.165, 1.54) is 5.56 Å². The lowest BCUT2D eigenvalue weighted by molar-refractivity contribution is 0.477. The fraction of sp³-hybridized carbons (Fsp3) is 0.200. The summed E-state index contributed by atoms with van der Waals surface area (Å²) < 4.78 is 30.9. The summed E-state index contributed by atoms with van der Waals surface area (Å²) in [5, 5.41) is 9.71. The monoisotopic (exact) mass is 554 g/mol. The summed E-state index contributed by atoms with van der Waals surface area (Å²) in [4.78, 5) is 0.290. The minimum Gasteiger partial charge on any atom is -0.270 e. The average Bonchev–Trinajstić information content (AvgIpc) is 3.55. The molecule has 5 rings (SSSR count). The van der Waals surface area contributed by atoms with Gasteiger partial charge in [-0.15, -0.1) is 10.2 Å². The minimum absolute atomic E-state index is 0.290. The van der Waals surface area contributed by atoms with Gasteiger partial charge in [-0.05, 0) is 54.8 Å². The molecule has 34 heavy (non-hydrogen) atoms. The number of para-hydroxylation sites is 1. The number of hydrogen-bond donors (Lipinski definition) is 0. The first-order valence-corrected chi connectivity index (χ1v) is 14.2. The fourth-order valence-electron chi connectivity index (χ4n) is 3.96. The number of rotatable bonds is 7. The Morgan fingerprint density at radius 1 is 0.882 bits per heavy atom. The SMILES string of the molecule is O=S(=O)(c1cccc(-c2nnc(SCc3ccc(Br)cc3)n2-c2ccccc2)c1)N1CCCC1. The van der Waals surface area contributed by atoms with Gasteiger partial charge in [0.25, 0.3) is 0 Å². The van der Waals surface area contributed by atoms with Crippen molar-refractivity contribution in [2.45, 2.75) is 28.6 Å². The number of benzene rings is 3. The van der Waals surface area contributed by atoms with Crippen LogP contribution in [0.1, 0.15) is 18.4 Å². The molecule has 174 valence electrons. The molecule has 0 bridgehead atoms. The van der Waals surface area contributed by atoms with E-state index in [1.54, 1.807) is 34.3 Å². The predicted octanol–water partition coefficient (Wildman–Crippen LogP) is 5.77. The molecule has 0 aliphatic carbocycles. The van der Waals surface area contributed by atoms with E-state index in [9.17, 15) is 8.42 Å². The van der Waals surface area contributed by atoms with Crippen LogP contribution in [0.4, 0.5) is 0 Å². The van der Waals surface area contributed by atoms with Crippen molar-refractivity contribution in [1.29, 1.82) is 0 Å². The van der Waals surface area contributed by atoms with Gasteiger partial charge in [0.1, 0.15) is 0 Å². The molecule has 0 saturated carbocycles. The molecule has 1 aliphatic heterocycles. The van der Waals surface area contributed by atoms with Crippen LogP contribution in [0.3, 0.4) is 0 Å². The van der Waals surface area contributed by atoms with Crippen molar-refractivity contribution in [1.82, 2.24) is 19.1 Å². The highest BCUT2D eigenvalue weighted by molar-refractivity contribution is 9.10. The summed E-state index contributed by atoms with van der Waals surface area (Å²) >= 11 is 5.07. The van der Waals surface area contributed by atoms with Crippen LogP contribution in [0, 0.1) is 0 Å². The van der Waals surface area contributed by atoms with Crippen molar-refractivity contribution >= 4 is 37.7 Å². The van der Waals surface area contributed by atoms with Crippen LogP contribution < -0.4 is 0 Å². The van der Waals surface area contributed by atoms with Gasteiger partial charge in [-0.3, -0.25) is 4.57 Å². The largest absolute Gasteiger partial charge is 0.270 e. The first kappa shape index (κ1) is 23.3. The summed E-state index contributed by atoms with van der Waals surface area (Å²) in [6, 6.07) is 25.1. The van der Waals surface area contributed by atoms with E-state index in [0.717, 1.165) is 33.9 Å². The van der Waals surface area contributed by atoms with Crippen molar-refractivity contribution in [2.75, 3.05) is 13.1 Å². The van der Waals surface area contributed by atoms with Gasteiger partial charge in [-0.25, -0.2) is 8.42 Å². The standard InChI is InChI=1S/C25H23BrN4O2S2/c26-21-13-11-19(12-14-21)18-33-25-28-27-24(30(25)22-8-2-1-3-9-22)20-7-6-10-23(17-20)34(31,32)29-15-4-5-16-29/h1-3,6-14,17H,4-5,15-16,18H2. The molecule has 0 N–H and O–H groups in total. The van der Waals surface area contributed by atoms with E-state index in [2.05, 4.69) is 38.3 Å². The summed E-state index contributed by atoms with van der Waals surface area (Å²) in [6.07, 6.45) is 1.81. The highest BCUT2D eigenvalue weighted by atomic mass is 79.9. The van der Waals surface area contributed by atoms with Gasteiger partial charge in [-0.1, -0.05) is 70.2 Å². The molecule has 1 aliphatic rings. The quantitative estimate of drug-likeness (QED) is 0.271. The topological polar surface area (TPSA) is 68.1 Å². The van der Waals surface area contributed by atoms with Crippen LogP contribution in [0.2, 0.25) is 0 Å². The Morgan fingerprint density at radius 3 is 2.35 bits per heavy atom. The minimum atomic E-state index is -3.52. The molecule has 4 aromatic rings. The number of hydrogen-bond acceptors (Lipinski definition) is 5. The number of thioether (sulfide) groups is 1. The van der Waals surface area contributed by atoms with Gasteiger partial charge in [0, 0.05) is 34.6 Å². The van der Waals surface area contributed by atoms with Crippen molar-refractivity contribution in [2.24, 2.45) is 0 Å². The van der Waals surface area contributed by atoms with Crippen LogP contribution in [0.25, 0.3) is 17.1 Å². The lowest BCUT2D eigenvalue weighted by atomic mass is 10.2. The number of halogens is 1. The van der Waals surface area contributed by atoms with Gasteiger partial charge in [0.05, 0.1) is 4.90 Å². The molecule has 1 aromatic heterocycles. The van der Waals surface area contributed by atoms with Crippen LogP contribution in [0.15, 0.2) is 93.4 Å². The number of nitrogens with zero attached hydrogens (tertiary/aromatic N) is 4. The third kappa shape index (κ3) is 4.84. The van der Waals surface area contributed by atoms with Gasteiger partial charge in [-0.2, -0.15) is 4.31 Å². The summed E-state index contributed by atoms with van der Waals surface area (Å²) in [5.41, 5.74) is 2.82. The molecular formula is C25H23BrN4O2S2. The summed E-state index contributed by atoms with van der Waals surface area (Å²) in [5.74, 6) is 1.35. The Labute approximate surface area is 212 Å². The predicted molar refractivity (Wildman–Crippen MR) is 138 cm³/mol. The van der Waals surface area contributed by atoms with E-state index < -0.39 is 10.0 Å². The third-order valence-electron chi connectivity index (χ3n) is 5.72.